The maximum Gasteiger partial charge on any atom is 0.255 e. The Kier molecular flexibility index (Phi) is 11.0. The van der Waals surface area contributed by atoms with Gasteiger partial charge in [0.25, 0.3) is 11.5 Å². The van der Waals surface area contributed by atoms with Gasteiger partial charge in [0.05, 0.1) is 11.4 Å². The molecular weight excluding hydrogens is 717 g/mol. The number of likely N-dealkylation sites (tertiary alicyclic amines) is 1. The number of hydrogen-bond acceptors (Lipinski definition) is 10. The molecule has 1 aliphatic carbocycles. The Balaban J connectivity index is 0.834. The van der Waals surface area contributed by atoms with Gasteiger partial charge in [0.2, 0.25) is 11.9 Å². The van der Waals surface area contributed by atoms with E-state index in [-0.39, 0.29) is 35.9 Å². The van der Waals surface area contributed by atoms with Crippen molar-refractivity contribution in [3.8, 4) is 0 Å². The number of benzene rings is 2. The molecule has 2 amide bonds. The number of carbonyl (C=O) groups excluding carboxylic acids is 3. The van der Waals surface area contributed by atoms with Gasteiger partial charge >= 0.3 is 0 Å². The highest BCUT2D eigenvalue weighted by molar-refractivity contribution is 7.89. The molecule has 1 saturated carbocycles. The van der Waals surface area contributed by atoms with E-state index in [9.17, 15) is 23.7 Å². The van der Waals surface area contributed by atoms with Crippen molar-refractivity contribution in [3.05, 3.63) is 93.4 Å². The molecule has 13 nitrogen and oxygen atoms in total. The third kappa shape index (κ3) is 7.77. The smallest absolute Gasteiger partial charge is 0.255 e. The lowest BCUT2D eigenvalue weighted by molar-refractivity contribution is -0.125. The molecule has 2 N–H and O–H groups in total. The summed E-state index contributed by atoms with van der Waals surface area (Å²) in [5.41, 5.74) is 4.53. The van der Waals surface area contributed by atoms with Crippen LogP contribution in [0.2, 0.25) is 0 Å². The number of anilines is 1. The molecule has 3 fully saturated rings. The third-order valence-electron chi connectivity index (χ3n) is 11.8. The quantitative estimate of drug-likeness (QED) is 0.150. The van der Waals surface area contributed by atoms with Crippen LogP contribution in [-0.2, 0) is 34.0 Å². The number of rotatable bonds is 13. The molecule has 288 valence electrons. The first kappa shape index (κ1) is 37.3. The molecule has 55 heavy (non-hydrogen) atoms. The van der Waals surface area contributed by atoms with Gasteiger partial charge in [0.1, 0.15) is 18.0 Å². The maximum absolute atomic E-state index is 13.7. The minimum Gasteiger partial charge on any atom is -0.593 e. The van der Waals surface area contributed by atoms with Crippen LogP contribution in [0.25, 0.3) is 11.0 Å². The highest BCUT2D eigenvalue weighted by Gasteiger charge is 2.37. The van der Waals surface area contributed by atoms with E-state index in [1.807, 2.05) is 33.1 Å². The van der Waals surface area contributed by atoms with Crippen molar-refractivity contribution >= 4 is 46.4 Å². The molecule has 4 aromatic rings. The average Bonchev–Trinajstić information content (AvgIpc) is 3.84. The Morgan fingerprint density at radius 3 is 2.60 bits per heavy atom. The second-order valence-electron chi connectivity index (χ2n) is 15.3. The zero-order chi connectivity index (χ0) is 38.1. The molecule has 0 radical (unpaired) electrons. The van der Waals surface area contributed by atoms with Crippen molar-refractivity contribution in [2.24, 2.45) is 0 Å². The highest BCUT2D eigenvalue weighted by Crippen LogP contribution is 2.34. The molecule has 0 bridgehead atoms. The van der Waals surface area contributed by atoms with Crippen LogP contribution in [0.4, 0.5) is 5.95 Å². The Morgan fingerprint density at radius 1 is 1.04 bits per heavy atom. The van der Waals surface area contributed by atoms with Crippen molar-refractivity contribution in [1.82, 2.24) is 34.0 Å². The van der Waals surface area contributed by atoms with Crippen LogP contribution < -0.4 is 16.2 Å². The van der Waals surface area contributed by atoms with Crippen molar-refractivity contribution in [2.45, 2.75) is 93.4 Å². The van der Waals surface area contributed by atoms with Crippen LogP contribution >= 0.6 is 0 Å². The summed E-state index contributed by atoms with van der Waals surface area (Å²) in [5, 5.41) is 6.99. The molecule has 5 heterocycles. The van der Waals surface area contributed by atoms with Crippen LogP contribution in [0, 0.1) is 0 Å². The number of fused-ring (bicyclic) bond motifs is 2. The van der Waals surface area contributed by atoms with E-state index in [2.05, 4.69) is 38.7 Å². The lowest BCUT2D eigenvalue weighted by Gasteiger charge is -2.40. The molecule has 0 spiro atoms. The van der Waals surface area contributed by atoms with Gasteiger partial charge in [-0.2, -0.15) is 4.98 Å². The van der Waals surface area contributed by atoms with Crippen LogP contribution in [0.5, 0.6) is 0 Å². The van der Waals surface area contributed by atoms with Crippen LogP contribution in [0.15, 0.2) is 70.5 Å². The van der Waals surface area contributed by atoms with Gasteiger partial charge in [0, 0.05) is 94.0 Å². The number of nitrogens with one attached hydrogen (secondary N) is 2. The highest BCUT2D eigenvalue weighted by atomic mass is 32.2. The van der Waals surface area contributed by atoms with Crippen molar-refractivity contribution in [2.75, 3.05) is 38.5 Å². The van der Waals surface area contributed by atoms with E-state index in [1.54, 1.807) is 30.3 Å². The molecule has 2 aromatic heterocycles. The standard InChI is InChI=1S/C41H48N8O5S/c1-42-39(52)36(10-5-19-50)48-26-30-21-28(11-13-35(30)40(48)53)31-24-46(25-31)23-27-6-4-9-34(20-27)55(54)47-17-15-32(16-18-47)44-41-43-22-29-12-14-37(51)49(38(29)45-41)33-7-2-3-8-33/h4,6,9,11-14,19-22,31-33,36H,2-3,5,7-8,10,15-18,23-26H2,1H3,(H,42,52)(H,43,44,45). The van der Waals surface area contributed by atoms with Crippen molar-refractivity contribution < 1.29 is 18.9 Å². The van der Waals surface area contributed by atoms with Gasteiger partial charge in [-0.15, -0.1) is 4.31 Å². The Labute approximate surface area is 323 Å². The topological polar surface area (TPSA) is 156 Å². The lowest BCUT2D eigenvalue weighted by Crippen LogP contribution is -2.46. The molecule has 8 rings (SSSR count). The second kappa shape index (κ2) is 16.2. The first-order chi connectivity index (χ1) is 26.8. The van der Waals surface area contributed by atoms with E-state index in [1.165, 1.54) is 5.56 Å². The monoisotopic (exact) mass is 764 g/mol. The van der Waals surface area contributed by atoms with E-state index in [4.69, 9.17) is 4.98 Å². The molecule has 2 saturated heterocycles. The fourth-order valence-electron chi connectivity index (χ4n) is 8.73. The minimum atomic E-state index is -1.27. The number of piperidine rings is 1. The maximum atomic E-state index is 13.7. The van der Waals surface area contributed by atoms with Crippen molar-refractivity contribution in [1.29, 1.82) is 0 Å². The van der Waals surface area contributed by atoms with E-state index in [0.29, 0.717) is 49.1 Å². The van der Waals surface area contributed by atoms with Gasteiger partial charge in [-0.3, -0.25) is 23.9 Å². The van der Waals surface area contributed by atoms with Gasteiger partial charge in [-0.25, -0.2) is 4.98 Å². The molecule has 2 atom stereocenters. The van der Waals surface area contributed by atoms with Crippen LogP contribution in [0.3, 0.4) is 0 Å². The summed E-state index contributed by atoms with van der Waals surface area (Å²) < 4.78 is 17.6. The molecule has 2 aromatic carbocycles. The second-order valence-corrected chi connectivity index (χ2v) is 16.8. The first-order valence-electron chi connectivity index (χ1n) is 19.5. The number of hydrogen-bond donors (Lipinski definition) is 2. The summed E-state index contributed by atoms with van der Waals surface area (Å²) in [4.78, 5) is 63.7. The fourth-order valence-corrected chi connectivity index (χ4v) is 10.0. The Bertz CT molecular complexity index is 2130. The van der Waals surface area contributed by atoms with Crippen LogP contribution in [0.1, 0.15) is 90.4 Å². The van der Waals surface area contributed by atoms with Gasteiger partial charge in [-0.1, -0.05) is 37.1 Å². The summed E-state index contributed by atoms with van der Waals surface area (Å²) >= 11 is -1.27. The summed E-state index contributed by atoms with van der Waals surface area (Å²) in [6.07, 6.45) is 8.95. The number of aromatic nitrogens is 3. The van der Waals surface area contributed by atoms with Crippen molar-refractivity contribution in [3.63, 3.8) is 0 Å². The summed E-state index contributed by atoms with van der Waals surface area (Å²) in [5.74, 6) is 0.438. The normalized spacial score (nSPS) is 19.7. The fraction of sp³-hybridized carbons (Fsp3) is 0.463. The van der Waals surface area contributed by atoms with Crippen LogP contribution in [-0.4, -0.2) is 96.6 Å². The van der Waals surface area contributed by atoms with Gasteiger partial charge < -0.3 is 24.9 Å². The van der Waals surface area contributed by atoms with Gasteiger partial charge in [0.15, 0.2) is 4.90 Å². The SMILES string of the molecule is CNC(=O)C(CCC=O)N1Cc2cc(C3CN(Cc4cccc([S+]([O-])N5CCC(Nc6ncc7ccc(=O)n(C8CCCC8)c7n6)CC5)c4)C3)ccc2C1=O. The first-order valence-corrected chi connectivity index (χ1v) is 20.6. The number of carbonyl (C=O) groups is 3. The molecular formula is C41H48N8O5S. The molecule has 4 aliphatic rings. The molecule has 3 aliphatic heterocycles. The van der Waals surface area contributed by atoms with Gasteiger partial charge in [-0.05, 0) is 73.1 Å². The Morgan fingerprint density at radius 2 is 1.84 bits per heavy atom. The molecule has 2 unspecified atom stereocenters. The summed E-state index contributed by atoms with van der Waals surface area (Å²) in [7, 11) is 1.55. The largest absolute Gasteiger partial charge is 0.593 e. The van der Waals surface area contributed by atoms with E-state index < -0.39 is 17.4 Å². The number of amides is 2. The lowest BCUT2D eigenvalue weighted by atomic mass is 9.89. The van der Waals surface area contributed by atoms with E-state index >= 15 is 0 Å². The number of pyridine rings is 1. The zero-order valence-electron chi connectivity index (χ0n) is 31.2. The predicted octanol–water partition coefficient (Wildman–Crippen LogP) is 4.15. The number of likely N-dealkylation sites (N-methyl/N-ethyl adjacent to an activating group) is 1. The number of aldehydes is 1. The van der Waals surface area contributed by atoms with E-state index in [0.717, 1.165) is 85.9 Å². The summed E-state index contributed by atoms with van der Waals surface area (Å²) in [6, 6.07) is 17.2. The zero-order valence-corrected chi connectivity index (χ0v) is 32.0. The predicted molar refractivity (Wildman–Crippen MR) is 210 cm³/mol. The minimum absolute atomic E-state index is 0.00981. The molecule has 14 heteroatoms. The average molecular weight is 765 g/mol. The Hall–Kier alpha value is -4.63. The number of nitrogens with zero attached hydrogens (tertiary/aromatic N) is 6. The summed E-state index contributed by atoms with van der Waals surface area (Å²) in [6.45, 7) is 4.23. The third-order valence-corrected chi connectivity index (χ3v) is 13.2.